The van der Waals surface area contributed by atoms with E-state index >= 15 is 0 Å². The molecule has 0 bridgehead atoms. The van der Waals surface area contributed by atoms with Gasteiger partial charge in [-0.05, 0) is 29.8 Å². The molecule has 0 fully saturated rings. The van der Waals surface area contributed by atoms with Crippen molar-refractivity contribution >= 4 is 35.0 Å². The average molecular weight is 340 g/mol. The lowest BCUT2D eigenvalue weighted by Crippen LogP contribution is -2.06. The number of nitrogens with two attached hydrogens (primary N) is 1. The highest BCUT2D eigenvalue weighted by Gasteiger charge is 2.21. The zero-order valence-electron chi connectivity index (χ0n) is 11.6. The largest absolute Gasteiger partial charge is 0.481 e. The molecule has 0 spiro atoms. The Bertz CT molecular complexity index is 681. The normalized spacial score (nSPS) is 12.1. The SMILES string of the molecule is Nc1ccc(Cl)cc1C(SCCC(=O)O)c1ccccc1F. The van der Waals surface area contributed by atoms with Crippen LogP contribution < -0.4 is 5.73 Å². The Morgan fingerprint density at radius 1 is 1.27 bits per heavy atom. The summed E-state index contributed by atoms with van der Waals surface area (Å²) < 4.78 is 14.1. The molecule has 2 aromatic carbocycles. The summed E-state index contributed by atoms with van der Waals surface area (Å²) in [5.41, 5.74) is 7.65. The van der Waals surface area contributed by atoms with E-state index < -0.39 is 11.2 Å². The number of rotatable bonds is 6. The Kier molecular flexibility index (Phi) is 5.69. The molecule has 1 atom stereocenters. The number of hydrogen-bond donors (Lipinski definition) is 2. The van der Waals surface area contributed by atoms with Gasteiger partial charge >= 0.3 is 5.97 Å². The van der Waals surface area contributed by atoms with Gasteiger partial charge in [-0.2, -0.15) is 0 Å². The molecule has 0 aliphatic rings. The molecule has 0 aliphatic carbocycles. The van der Waals surface area contributed by atoms with Crippen molar-refractivity contribution < 1.29 is 14.3 Å². The summed E-state index contributed by atoms with van der Waals surface area (Å²) in [6.07, 6.45) is -0.00388. The van der Waals surface area contributed by atoms with Crippen molar-refractivity contribution in [3.05, 3.63) is 64.4 Å². The minimum absolute atomic E-state index is 0.00388. The summed E-state index contributed by atoms with van der Waals surface area (Å²) in [5.74, 6) is -0.895. The fraction of sp³-hybridized carbons (Fsp3) is 0.188. The van der Waals surface area contributed by atoms with Crippen LogP contribution in [0.25, 0.3) is 0 Å². The summed E-state index contributed by atoms with van der Waals surface area (Å²) in [7, 11) is 0. The van der Waals surface area contributed by atoms with Crippen LogP contribution in [0.2, 0.25) is 5.02 Å². The van der Waals surface area contributed by atoms with Crippen molar-refractivity contribution in [2.24, 2.45) is 0 Å². The van der Waals surface area contributed by atoms with Gasteiger partial charge in [0, 0.05) is 22.0 Å². The second-order valence-corrected chi connectivity index (χ2v) is 6.34. The van der Waals surface area contributed by atoms with Crippen LogP contribution in [0.15, 0.2) is 42.5 Å². The maximum absolute atomic E-state index is 14.1. The van der Waals surface area contributed by atoms with Crippen molar-refractivity contribution in [1.29, 1.82) is 0 Å². The lowest BCUT2D eigenvalue weighted by molar-refractivity contribution is -0.136. The fourth-order valence-corrected chi connectivity index (χ4v) is 3.53. The van der Waals surface area contributed by atoms with Gasteiger partial charge < -0.3 is 10.8 Å². The van der Waals surface area contributed by atoms with Crippen molar-refractivity contribution in [1.82, 2.24) is 0 Å². The first-order valence-corrected chi connectivity index (χ1v) is 8.04. The molecule has 3 nitrogen and oxygen atoms in total. The van der Waals surface area contributed by atoms with Crippen molar-refractivity contribution in [2.75, 3.05) is 11.5 Å². The van der Waals surface area contributed by atoms with Gasteiger partial charge in [-0.3, -0.25) is 4.79 Å². The molecule has 3 N–H and O–H groups in total. The fourth-order valence-electron chi connectivity index (χ4n) is 2.07. The molecule has 0 heterocycles. The van der Waals surface area contributed by atoms with Crippen LogP contribution >= 0.6 is 23.4 Å². The van der Waals surface area contributed by atoms with E-state index in [1.807, 2.05) is 0 Å². The molecule has 22 heavy (non-hydrogen) atoms. The Balaban J connectivity index is 2.39. The van der Waals surface area contributed by atoms with Crippen LogP contribution in [0.4, 0.5) is 10.1 Å². The third-order valence-corrected chi connectivity index (χ3v) is 4.64. The molecule has 0 amide bonds. The number of aliphatic carboxylic acids is 1. The van der Waals surface area contributed by atoms with Gasteiger partial charge in [-0.15, -0.1) is 11.8 Å². The summed E-state index contributed by atoms with van der Waals surface area (Å²) in [6.45, 7) is 0. The van der Waals surface area contributed by atoms with Gasteiger partial charge in [0.1, 0.15) is 5.82 Å². The number of hydrogen-bond acceptors (Lipinski definition) is 3. The summed E-state index contributed by atoms with van der Waals surface area (Å²) in [5, 5.41) is 8.89. The molecule has 0 aliphatic heterocycles. The van der Waals surface area contributed by atoms with E-state index in [0.717, 1.165) is 0 Å². The average Bonchev–Trinajstić information content (AvgIpc) is 2.47. The number of benzene rings is 2. The van der Waals surface area contributed by atoms with Crippen molar-refractivity contribution in [2.45, 2.75) is 11.7 Å². The molecule has 0 aromatic heterocycles. The van der Waals surface area contributed by atoms with Gasteiger partial charge in [-0.25, -0.2) is 4.39 Å². The van der Waals surface area contributed by atoms with E-state index in [2.05, 4.69) is 0 Å². The molecule has 0 saturated heterocycles. The van der Waals surface area contributed by atoms with Crippen LogP contribution in [-0.4, -0.2) is 16.8 Å². The Hall–Kier alpha value is -1.72. The minimum Gasteiger partial charge on any atom is -0.481 e. The summed E-state index contributed by atoms with van der Waals surface area (Å²) in [6, 6.07) is 11.4. The minimum atomic E-state index is -0.890. The molecular weight excluding hydrogens is 325 g/mol. The van der Waals surface area contributed by atoms with Crippen LogP contribution in [0.3, 0.4) is 0 Å². The molecule has 6 heteroatoms. The van der Waals surface area contributed by atoms with E-state index in [0.29, 0.717) is 27.6 Å². The topological polar surface area (TPSA) is 63.3 Å². The molecule has 0 saturated carbocycles. The lowest BCUT2D eigenvalue weighted by Gasteiger charge is -2.20. The lowest BCUT2D eigenvalue weighted by atomic mass is 10.0. The first-order chi connectivity index (χ1) is 10.5. The number of halogens is 2. The molecule has 2 aromatic rings. The monoisotopic (exact) mass is 339 g/mol. The summed E-state index contributed by atoms with van der Waals surface area (Å²) in [4.78, 5) is 10.7. The zero-order chi connectivity index (χ0) is 16.1. The quantitative estimate of drug-likeness (QED) is 0.767. The van der Waals surface area contributed by atoms with E-state index in [-0.39, 0.29) is 12.2 Å². The number of anilines is 1. The number of carboxylic acids is 1. The van der Waals surface area contributed by atoms with Gasteiger partial charge in [-0.1, -0.05) is 29.8 Å². The first kappa shape index (κ1) is 16.6. The van der Waals surface area contributed by atoms with E-state index in [4.69, 9.17) is 22.4 Å². The van der Waals surface area contributed by atoms with Gasteiger partial charge in [0.25, 0.3) is 0 Å². The molecular formula is C16H15ClFNO2S. The molecule has 2 rings (SSSR count). The van der Waals surface area contributed by atoms with Crippen molar-refractivity contribution in [3.8, 4) is 0 Å². The third-order valence-electron chi connectivity index (χ3n) is 3.12. The van der Waals surface area contributed by atoms with Crippen molar-refractivity contribution in [3.63, 3.8) is 0 Å². The second-order valence-electron chi connectivity index (χ2n) is 4.69. The van der Waals surface area contributed by atoms with Gasteiger partial charge in [0.15, 0.2) is 0 Å². The molecule has 116 valence electrons. The second kappa shape index (κ2) is 7.51. The van der Waals surface area contributed by atoms with E-state index in [9.17, 15) is 9.18 Å². The van der Waals surface area contributed by atoms with Crippen LogP contribution in [0.1, 0.15) is 22.8 Å². The maximum atomic E-state index is 14.1. The standard InChI is InChI=1S/C16H15ClFNO2S/c17-10-5-6-14(19)12(9-10)16(22-8-7-15(20)21)11-3-1-2-4-13(11)18/h1-6,9,16H,7-8,19H2,(H,20,21). The number of thioether (sulfide) groups is 1. The molecule has 0 radical (unpaired) electrons. The van der Waals surface area contributed by atoms with Gasteiger partial charge in [0.05, 0.1) is 11.7 Å². The Morgan fingerprint density at radius 2 is 2.00 bits per heavy atom. The summed E-state index contributed by atoms with van der Waals surface area (Å²) >= 11 is 7.35. The predicted octanol–water partition coefficient (Wildman–Crippen LogP) is 4.36. The van der Waals surface area contributed by atoms with Crippen LogP contribution in [0, 0.1) is 5.82 Å². The predicted molar refractivity (Wildman–Crippen MR) is 88.8 cm³/mol. The first-order valence-electron chi connectivity index (χ1n) is 6.62. The number of nitrogen functional groups attached to an aromatic ring is 1. The highest BCUT2D eigenvalue weighted by Crippen LogP contribution is 2.40. The highest BCUT2D eigenvalue weighted by molar-refractivity contribution is 7.99. The van der Waals surface area contributed by atoms with E-state index in [1.54, 1.807) is 36.4 Å². The highest BCUT2D eigenvalue weighted by atomic mass is 35.5. The smallest absolute Gasteiger partial charge is 0.304 e. The number of carboxylic acid groups (broad SMARTS) is 1. The van der Waals surface area contributed by atoms with E-state index in [1.165, 1.54) is 17.8 Å². The molecule has 1 unspecified atom stereocenters. The van der Waals surface area contributed by atoms with Gasteiger partial charge in [0.2, 0.25) is 0 Å². The Morgan fingerprint density at radius 3 is 2.68 bits per heavy atom. The number of carbonyl (C=O) groups is 1. The maximum Gasteiger partial charge on any atom is 0.304 e. The van der Waals surface area contributed by atoms with Crippen LogP contribution in [0.5, 0.6) is 0 Å². The third kappa shape index (κ3) is 4.15. The zero-order valence-corrected chi connectivity index (χ0v) is 13.2. The Labute approximate surface area is 137 Å². The van der Waals surface area contributed by atoms with Crippen LogP contribution in [-0.2, 0) is 4.79 Å².